The lowest BCUT2D eigenvalue weighted by atomic mass is 10.1. The number of hydrogen-bond acceptors (Lipinski definition) is 0. The quantitative estimate of drug-likeness (QED) is 0.340. The molecule has 0 aromatic heterocycles. The van der Waals surface area contributed by atoms with E-state index in [4.69, 9.17) is 0 Å². The maximum absolute atomic E-state index is 3.65. The highest BCUT2D eigenvalue weighted by molar-refractivity contribution is 9.09. The summed E-state index contributed by atoms with van der Waals surface area (Å²) in [6.45, 7) is 4.46. The van der Waals surface area contributed by atoms with Crippen LogP contribution in [0.1, 0.15) is 52.4 Å². The van der Waals surface area contributed by atoms with Gasteiger partial charge in [0, 0.05) is 4.83 Å². The van der Waals surface area contributed by atoms with E-state index in [0.29, 0.717) is 4.83 Å². The molecule has 0 heterocycles. The van der Waals surface area contributed by atoms with Crippen LogP contribution in [-0.2, 0) is 0 Å². The van der Waals surface area contributed by atoms with E-state index in [1.54, 1.807) is 0 Å². The van der Waals surface area contributed by atoms with Crippen molar-refractivity contribution in [3.05, 3.63) is 12.2 Å². The standard InChI is InChI=1S/C11H21Br/c1-3-5-7-9-11(12)10-8-6-4-2/h7,9,11H,3-6,8,10H2,1-2H3/b9-7+. The van der Waals surface area contributed by atoms with Crippen molar-refractivity contribution >= 4 is 15.9 Å². The molecule has 0 fully saturated rings. The van der Waals surface area contributed by atoms with Gasteiger partial charge in [-0.05, 0) is 12.8 Å². The first-order chi connectivity index (χ1) is 5.81. The molecule has 0 radical (unpaired) electrons. The van der Waals surface area contributed by atoms with Crippen molar-refractivity contribution in [1.82, 2.24) is 0 Å². The molecule has 1 unspecified atom stereocenters. The largest absolute Gasteiger partial charge is 0.0874 e. The lowest BCUT2D eigenvalue weighted by Gasteiger charge is -2.02. The lowest BCUT2D eigenvalue weighted by Crippen LogP contribution is -1.91. The Morgan fingerprint density at radius 3 is 2.50 bits per heavy atom. The molecule has 1 heteroatoms. The summed E-state index contributed by atoms with van der Waals surface area (Å²) in [5, 5.41) is 0. The van der Waals surface area contributed by atoms with Crippen molar-refractivity contribution < 1.29 is 0 Å². The molecule has 0 spiro atoms. The van der Waals surface area contributed by atoms with Gasteiger partial charge >= 0.3 is 0 Å². The zero-order valence-corrected chi connectivity index (χ0v) is 9.94. The minimum absolute atomic E-state index is 0.607. The fourth-order valence-electron chi connectivity index (χ4n) is 1.10. The highest BCUT2D eigenvalue weighted by Crippen LogP contribution is 2.12. The molecule has 0 saturated carbocycles. The average molecular weight is 233 g/mol. The van der Waals surface area contributed by atoms with Gasteiger partial charge < -0.3 is 0 Å². The van der Waals surface area contributed by atoms with Gasteiger partial charge in [0.15, 0.2) is 0 Å². The molecule has 0 nitrogen and oxygen atoms in total. The van der Waals surface area contributed by atoms with Gasteiger partial charge in [-0.25, -0.2) is 0 Å². The second-order valence-electron chi connectivity index (χ2n) is 3.23. The number of unbranched alkanes of at least 4 members (excludes halogenated alkanes) is 3. The third kappa shape index (κ3) is 8.32. The Bertz CT molecular complexity index is 108. The highest BCUT2D eigenvalue weighted by atomic mass is 79.9. The van der Waals surface area contributed by atoms with Gasteiger partial charge in [-0.1, -0.05) is 67.6 Å². The van der Waals surface area contributed by atoms with Crippen LogP contribution in [0.3, 0.4) is 0 Å². The maximum Gasteiger partial charge on any atom is 0.0325 e. The van der Waals surface area contributed by atoms with E-state index < -0.39 is 0 Å². The van der Waals surface area contributed by atoms with E-state index in [1.807, 2.05) is 0 Å². The van der Waals surface area contributed by atoms with Crippen molar-refractivity contribution in [1.29, 1.82) is 0 Å². The summed E-state index contributed by atoms with van der Waals surface area (Å²) in [5.41, 5.74) is 0. The van der Waals surface area contributed by atoms with Crippen LogP contribution in [-0.4, -0.2) is 4.83 Å². The SMILES string of the molecule is CCC/C=C/C(Br)CCCCC. The molecule has 0 aliphatic heterocycles. The highest BCUT2D eigenvalue weighted by Gasteiger charge is 1.96. The molecular weight excluding hydrogens is 212 g/mol. The topological polar surface area (TPSA) is 0 Å². The Labute approximate surface area is 85.6 Å². The zero-order valence-electron chi connectivity index (χ0n) is 8.35. The monoisotopic (exact) mass is 232 g/mol. The summed E-state index contributed by atoms with van der Waals surface area (Å²) in [6, 6.07) is 0. The third-order valence-electron chi connectivity index (χ3n) is 1.88. The summed E-state index contributed by atoms with van der Waals surface area (Å²) in [7, 11) is 0. The first-order valence-electron chi connectivity index (χ1n) is 5.12. The molecule has 0 aromatic carbocycles. The van der Waals surface area contributed by atoms with E-state index in [-0.39, 0.29) is 0 Å². The van der Waals surface area contributed by atoms with Gasteiger partial charge in [-0.15, -0.1) is 0 Å². The normalized spacial score (nSPS) is 13.9. The number of halogens is 1. The van der Waals surface area contributed by atoms with Gasteiger partial charge in [-0.2, -0.15) is 0 Å². The van der Waals surface area contributed by atoms with Crippen molar-refractivity contribution in [2.24, 2.45) is 0 Å². The van der Waals surface area contributed by atoms with Gasteiger partial charge in [0.25, 0.3) is 0 Å². The van der Waals surface area contributed by atoms with Crippen LogP contribution in [0, 0.1) is 0 Å². The van der Waals surface area contributed by atoms with Crippen LogP contribution in [0.4, 0.5) is 0 Å². The number of alkyl halides is 1. The molecule has 0 aromatic rings. The Hall–Kier alpha value is 0.220. The number of allylic oxidation sites excluding steroid dienone is 2. The van der Waals surface area contributed by atoms with Gasteiger partial charge in [0.1, 0.15) is 0 Å². The van der Waals surface area contributed by atoms with Crippen LogP contribution in [0.25, 0.3) is 0 Å². The van der Waals surface area contributed by atoms with Crippen molar-refractivity contribution in [3.63, 3.8) is 0 Å². The summed E-state index contributed by atoms with van der Waals surface area (Å²) in [5.74, 6) is 0. The maximum atomic E-state index is 3.65. The van der Waals surface area contributed by atoms with Crippen molar-refractivity contribution in [2.75, 3.05) is 0 Å². The first-order valence-corrected chi connectivity index (χ1v) is 6.03. The van der Waals surface area contributed by atoms with Crippen LogP contribution < -0.4 is 0 Å². The Kier molecular flexibility index (Phi) is 9.48. The Morgan fingerprint density at radius 2 is 1.92 bits per heavy atom. The van der Waals surface area contributed by atoms with Crippen LogP contribution in [0.5, 0.6) is 0 Å². The van der Waals surface area contributed by atoms with Crippen LogP contribution in [0.15, 0.2) is 12.2 Å². The van der Waals surface area contributed by atoms with Gasteiger partial charge in [0.05, 0.1) is 0 Å². The van der Waals surface area contributed by atoms with Gasteiger partial charge in [0.2, 0.25) is 0 Å². The van der Waals surface area contributed by atoms with E-state index in [9.17, 15) is 0 Å². The second-order valence-corrected chi connectivity index (χ2v) is 4.40. The van der Waals surface area contributed by atoms with Crippen LogP contribution in [0.2, 0.25) is 0 Å². The summed E-state index contributed by atoms with van der Waals surface area (Å²) in [4.78, 5) is 0.607. The molecule has 0 aliphatic rings. The predicted octanol–water partition coefficient (Wildman–Crippen LogP) is 4.69. The summed E-state index contributed by atoms with van der Waals surface area (Å²) in [6.07, 6.45) is 12.4. The summed E-state index contributed by atoms with van der Waals surface area (Å²) < 4.78 is 0. The van der Waals surface area contributed by atoms with Crippen molar-refractivity contribution in [2.45, 2.75) is 57.2 Å². The third-order valence-corrected chi connectivity index (χ3v) is 2.65. The molecule has 0 amide bonds. The molecule has 0 aliphatic carbocycles. The van der Waals surface area contributed by atoms with Crippen LogP contribution >= 0.6 is 15.9 Å². The number of hydrogen-bond donors (Lipinski definition) is 0. The molecule has 12 heavy (non-hydrogen) atoms. The lowest BCUT2D eigenvalue weighted by molar-refractivity contribution is 0.683. The molecule has 1 atom stereocenters. The molecule has 72 valence electrons. The predicted molar refractivity (Wildman–Crippen MR) is 60.9 cm³/mol. The van der Waals surface area contributed by atoms with E-state index in [1.165, 1.54) is 38.5 Å². The molecule has 0 saturated heterocycles. The first kappa shape index (κ1) is 12.2. The summed E-state index contributed by atoms with van der Waals surface area (Å²) >= 11 is 3.65. The minimum Gasteiger partial charge on any atom is -0.0874 e. The van der Waals surface area contributed by atoms with Crippen molar-refractivity contribution in [3.8, 4) is 0 Å². The van der Waals surface area contributed by atoms with E-state index in [0.717, 1.165) is 0 Å². The Morgan fingerprint density at radius 1 is 1.17 bits per heavy atom. The van der Waals surface area contributed by atoms with E-state index in [2.05, 4.69) is 41.9 Å². The number of rotatable bonds is 7. The molecule has 0 bridgehead atoms. The molecule has 0 N–H and O–H groups in total. The minimum atomic E-state index is 0.607. The van der Waals surface area contributed by atoms with Gasteiger partial charge in [-0.3, -0.25) is 0 Å². The molecular formula is C11H21Br. The fourth-order valence-corrected chi connectivity index (χ4v) is 1.64. The smallest absolute Gasteiger partial charge is 0.0325 e. The fraction of sp³-hybridized carbons (Fsp3) is 0.818. The second kappa shape index (κ2) is 9.31. The average Bonchev–Trinajstić information content (AvgIpc) is 2.06. The van der Waals surface area contributed by atoms with E-state index >= 15 is 0 Å². The molecule has 0 rings (SSSR count). The Balaban J connectivity index is 3.26. The zero-order chi connectivity index (χ0) is 9.23.